The van der Waals surface area contributed by atoms with E-state index < -0.39 is 0 Å². The molecular weight excluding hydrogens is 215 g/mol. The molecule has 0 N–H and O–H groups in total. The molecule has 0 spiro atoms. The molecule has 2 aromatic heterocycles. The van der Waals surface area contributed by atoms with Crippen LogP contribution in [-0.2, 0) is 0 Å². The maximum atomic E-state index is 5.91. The van der Waals surface area contributed by atoms with Crippen LogP contribution < -0.4 is 0 Å². The Balaban J connectivity index is 2.88. The van der Waals surface area contributed by atoms with Crippen LogP contribution in [-0.4, -0.2) is 10.2 Å². The van der Waals surface area contributed by atoms with Crippen LogP contribution in [0.2, 0.25) is 9.49 Å². The molecule has 0 unspecified atom stereocenters. The second-order valence-electron chi connectivity index (χ2n) is 2.39. The minimum Gasteiger partial charge on any atom is -0.138 e. The summed E-state index contributed by atoms with van der Waals surface area (Å²) in [5, 5.41) is 9.04. The third kappa shape index (κ3) is 1.18. The van der Waals surface area contributed by atoms with Gasteiger partial charge < -0.3 is 0 Å². The smallest absolute Gasteiger partial charge is 0.138 e. The maximum Gasteiger partial charge on any atom is 0.152 e. The standard InChI is InChI=1S/C7H4Cl2N2S/c1-3-4-2-5(8)10-11-7(4)12-6(3)9/h2H,1H3. The number of rotatable bonds is 0. The molecule has 0 fully saturated rings. The highest BCUT2D eigenvalue weighted by Gasteiger charge is 2.07. The highest BCUT2D eigenvalue weighted by Crippen LogP contribution is 2.33. The fourth-order valence-corrected chi connectivity index (χ4v) is 2.27. The van der Waals surface area contributed by atoms with E-state index in [1.165, 1.54) is 11.3 Å². The monoisotopic (exact) mass is 218 g/mol. The van der Waals surface area contributed by atoms with E-state index in [0.29, 0.717) is 5.15 Å². The van der Waals surface area contributed by atoms with E-state index in [0.717, 1.165) is 20.1 Å². The van der Waals surface area contributed by atoms with Gasteiger partial charge in [0.05, 0.1) is 4.34 Å². The van der Waals surface area contributed by atoms with E-state index in [2.05, 4.69) is 10.2 Å². The molecule has 2 heterocycles. The van der Waals surface area contributed by atoms with E-state index in [-0.39, 0.29) is 0 Å². The molecule has 0 aliphatic carbocycles. The first-order valence-corrected chi connectivity index (χ1v) is 4.83. The van der Waals surface area contributed by atoms with E-state index >= 15 is 0 Å². The van der Waals surface area contributed by atoms with Crippen molar-refractivity contribution in [2.75, 3.05) is 0 Å². The first-order chi connectivity index (χ1) is 5.68. The lowest BCUT2D eigenvalue weighted by Crippen LogP contribution is -1.80. The summed E-state index contributed by atoms with van der Waals surface area (Å²) in [6.45, 7) is 1.94. The van der Waals surface area contributed by atoms with Crippen LogP contribution in [0.5, 0.6) is 0 Å². The molecular formula is C7H4Cl2N2S. The van der Waals surface area contributed by atoms with Gasteiger partial charge in [-0.3, -0.25) is 0 Å². The molecule has 0 amide bonds. The van der Waals surface area contributed by atoms with Gasteiger partial charge in [0.2, 0.25) is 0 Å². The van der Waals surface area contributed by atoms with Crippen LogP contribution in [0.4, 0.5) is 0 Å². The third-order valence-corrected chi connectivity index (χ3v) is 3.30. The van der Waals surface area contributed by atoms with Gasteiger partial charge in [0.25, 0.3) is 0 Å². The number of aromatic nitrogens is 2. The second-order valence-corrected chi connectivity index (χ2v) is 4.38. The SMILES string of the molecule is Cc1c(Cl)sc2nnc(Cl)cc12. The highest BCUT2D eigenvalue weighted by atomic mass is 35.5. The van der Waals surface area contributed by atoms with Gasteiger partial charge in [0, 0.05) is 5.39 Å². The lowest BCUT2D eigenvalue weighted by Gasteiger charge is -1.89. The van der Waals surface area contributed by atoms with Gasteiger partial charge in [0.15, 0.2) is 5.15 Å². The van der Waals surface area contributed by atoms with Gasteiger partial charge in [-0.25, -0.2) is 0 Å². The molecule has 2 aromatic rings. The molecule has 12 heavy (non-hydrogen) atoms. The van der Waals surface area contributed by atoms with Gasteiger partial charge >= 0.3 is 0 Å². The molecule has 0 bridgehead atoms. The summed E-state index contributed by atoms with van der Waals surface area (Å²) in [5.74, 6) is 0. The first-order valence-electron chi connectivity index (χ1n) is 3.26. The molecule has 0 saturated carbocycles. The van der Waals surface area contributed by atoms with Crippen molar-refractivity contribution < 1.29 is 0 Å². The zero-order valence-corrected chi connectivity index (χ0v) is 8.46. The van der Waals surface area contributed by atoms with Gasteiger partial charge in [-0.2, -0.15) is 0 Å². The quantitative estimate of drug-likeness (QED) is 0.679. The van der Waals surface area contributed by atoms with Crippen molar-refractivity contribution in [1.82, 2.24) is 10.2 Å². The maximum absolute atomic E-state index is 5.91. The van der Waals surface area contributed by atoms with Crippen molar-refractivity contribution in [2.45, 2.75) is 6.92 Å². The van der Waals surface area contributed by atoms with Gasteiger partial charge in [-0.15, -0.1) is 21.5 Å². The summed E-state index contributed by atoms with van der Waals surface area (Å²) in [6, 6.07) is 1.78. The summed E-state index contributed by atoms with van der Waals surface area (Å²) < 4.78 is 0.751. The van der Waals surface area contributed by atoms with Crippen LogP contribution in [0.3, 0.4) is 0 Å². The lowest BCUT2D eigenvalue weighted by molar-refractivity contribution is 1.09. The third-order valence-electron chi connectivity index (χ3n) is 1.62. The summed E-state index contributed by atoms with van der Waals surface area (Å²) in [7, 11) is 0. The molecule has 0 atom stereocenters. The average molecular weight is 219 g/mol. The van der Waals surface area contributed by atoms with Crippen molar-refractivity contribution in [3.05, 3.63) is 21.1 Å². The minimum absolute atomic E-state index is 0.403. The number of hydrogen-bond acceptors (Lipinski definition) is 3. The highest BCUT2D eigenvalue weighted by molar-refractivity contribution is 7.22. The van der Waals surface area contributed by atoms with Gasteiger partial charge in [-0.1, -0.05) is 23.2 Å². The Labute approximate surface area is 83.1 Å². The summed E-state index contributed by atoms with van der Waals surface area (Å²) in [4.78, 5) is 0.835. The Bertz CT molecular complexity index is 438. The molecule has 0 radical (unpaired) electrons. The molecule has 0 saturated heterocycles. The van der Waals surface area contributed by atoms with E-state index in [1.807, 2.05) is 6.92 Å². The zero-order chi connectivity index (χ0) is 8.72. The van der Waals surface area contributed by atoms with Crippen molar-refractivity contribution in [3.63, 3.8) is 0 Å². The van der Waals surface area contributed by atoms with Crippen LogP contribution >= 0.6 is 34.5 Å². The second kappa shape index (κ2) is 2.83. The normalized spacial score (nSPS) is 10.9. The largest absolute Gasteiger partial charge is 0.152 e. The Kier molecular flexibility index (Phi) is 1.94. The van der Waals surface area contributed by atoms with Crippen molar-refractivity contribution in [1.29, 1.82) is 0 Å². The molecule has 2 nitrogen and oxygen atoms in total. The van der Waals surface area contributed by atoms with E-state index in [9.17, 15) is 0 Å². The van der Waals surface area contributed by atoms with Gasteiger partial charge in [0.1, 0.15) is 4.83 Å². The minimum atomic E-state index is 0.403. The number of nitrogens with zero attached hydrogens (tertiary/aromatic N) is 2. The van der Waals surface area contributed by atoms with Crippen LogP contribution in [0, 0.1) is 6.92 Å². The molecule has 0 aliphatic rings. The summed E-state index contributed by atoms with van der Waals surface area (Å²) >= 11 is 13.0. The number of hydrogen-bond donors (Lipinski definition) is 0. The molecule has 62 valence electrons. The fraction of sp³-hybridized carbons (Fsp3) is 0.143. The summed E-state index contributed by atoms with van der Waals surface area (Å²) in [5.41, 5.74) is 1.02. The zero-order valence-electron chi connectivity index (χ0n) is 6.14. The van der Waals surface area contributed by atoms with Gasteiger partial charge in [-0.05, 0) is 18.6 Å². The van der Waals surface area contributed by atoms with Crippen molar-refractivity contribution in [2.24, 2.45) is 0 Å². The number of fused-ring (bicyclic) bond motifs is 1. The lowest BCUT2D eigenvalue weighted by atomic mass is 10.2. The Morgan fingerprint density at radius 2 is 2.08 bits per heavy atom. The Morgan fingerprint density at radius 1 is 1.33 bits per heavy atom. The Hall–Kier alpha value is -0.380. The predicted molar refractivity (Wildman–Crippen MR) is 52.2 cm³/mol. The number of thiophene rings is 1. The van der Waals surface area contributed by atoms with E-state index in [1.54, 1.807) is 6.07 Å². The molecule has 0 aromatic carbocycles. The predicted octanol–water partition coefficient (Wildman–Crippen LogP) is 3.31. The average Bonchev–Trinajstić information content (AvgIpc) is 2.31. The van der Waals surface area contributed by atoms with Crippen LogP contribution in [0.25, 0.3) is 10.2 Å². The van der Waals surface area contributed by atoms with Crippen molar-refractivity contribution in [3.8, 4) is 0 Å². The van der Waals surface area contributed by atoms with Crippen LogP contribution in [0.15, 0.2) is 6.07 Å². The van der Waals surface area contributed by atoms with Crippen LogP contribution in [0.1, 0.15) is 5.56 Å². The number of halogens is 2. The Morgan fingerprint density at radius 3 is 2.83 bits per heavy atom. The topological polar surface area (TPSA) is 25.8 Å². The first kappa shape index (κ1) is 8.23. The molecule has 0 aliphatic heterocycles. The molecule has 2 rings (SSSR count). The van der Waals surface area contributed by atoms with E-state index in [4.69, 9.17) is 23.2 Å². The number of aryl methyl sites for hydroxylation is 1. The molecule has 5 heteroatoms. The summed E-state index contributed by atoms with van der Waals surface area (Å²) in [6.07, 6.45) is 0. The fourth-order valence-electron chi connectivity index (χ4n) is 0.968. The van der Waals surface area contributed by atoms with Crippen molar-refractivity contribution >= 4 is 44.8 Å².